The van der Waals surface area contributed by atoms with Crippen molar-refractivity contribution in [3.8, 4) is 0 Å². The molecule has 20 heavy (non-hydrogen) atoms. The molecule has 1 nitrogen and oxygen atoms in total. The summed E-state index contributed by atoms with van der Waals surface area (Å²) in [7, 11) is 4.38. The van der Waals surface area contributed by atoms with Gasteiger partial charge in [0.25, 0.3) is 0 Å². The summed E-state index contributed by atoms with van der Waals surface area (Å²) in [6.07, 6.45) is 2.36. The van der Waals surface area contributed by atoms with Crippen molar-refractivity contribution in [1.82, 2.24) is 4.90 Å². The molecule has 0 heterocycles. The maximum absolute atomic E-state index is 3.60. The highest BCUT2D eigenvalue weighted by Gasteiger charge is 2.28. The Morgan fingerprint density at radius 3 is 2.60 bits per heavy atom. The summed E-state index contributed by atoms with van der Waals surface area (Å²) in [6.45, 7) is 0. The smallest absolute Gasteiger partial charge is 0.0178 e. The molecule has 2 atom stereocenters. The largest absolute Gasteiger partial charge is 0.306 e. The van der Waals surface area contributed by atoms with Crippen LogP contribution in [0.25, 0.3) is 0 Å². The SMILES string of the molecule is CN(C)[C@H]1Cc2ccccc2[C@@H](c2cccc(Br)c2)C1. The van der Waals surface area contributed by atoms with Crippen LogP contribution in [-0.2, 0) is 6.42 Å². The van der Waals surface area contributed by atoms with Gasteiger partial charge in [0.2, 0.25) is 0 Å². The van der Waals surface area contributed by atoms with Crippen molar-refractivity contribution < 1.29 is 0 Å². The van der Waals surface area contributed by atoms with Crippen LogP contribution in [0, 0.1) is 0 Å². The zero-order valence-electron chi connectivity index (χ0n) is 12.0. The molecule has 2 heteroatoms. The van der Waals surface area contributed by atoms with Crippen LogP contribution in [0.2, 0.25) is 0 Å². The normalized spacial score (nSPS) is 21.8. The van der Waals surface area contributed by atoms with Crippen molar-refractivity contribution in [3.05, 3.63) is 69.7 Å². The van der Waals surface area contributed by atoms with Crippen molar-refractivity contribution in [1.29, 1.82) is 0 Å². The molecule has 1 aliphatic carbocycles. The molecule has 1 aliphatic rings. The highest BCUT2D eigenvalue weighted by molar-refractivity contribution is 9.10. The number of likely N-dealkylation sites (N-methyl/N-ethyl adjacent to an activating group) is 1. The van der Waals surface area contributed by atoms with Gasteiger partial charge in [-0.25, -0.2) is 0 Å². The van der Waals surface area contributed by atoms with Crippen molar-refractivity contribution in [2.24, 2.45) is 0 Å². The van der Waals surface area contributed by atoms with Gasteiger partial charge in [-0.1, -0.05) is 52.3 Å². The van der Waals surface area contributed by atoms with E-state index in [1.54, 1.807) is 0 Å². The third-order valence-corrected chi connectivity index (χ3v) is 4.87. The lowest BCUT2D eigenvalue weighted by atomic mass is 9.76. The average Bonchev–Trinajstić information content (AvgIpc) is 2.46. The predicted octanol–water partition coefficient (Wildman–Crippen LogP) is 4.46. The average molecular weight is 330 g/mol. The summed E-state index contributed by atoms with van der Waals surface area (Å²) in [4.78, 5) is 2.36. The molecule has 2 aromatic carbocycles. The first-order valence-corrected chi connectivity index (χ1v) is 7.94. The van der Waals surface area contributed by atoms with Crippen LogP contribution < -0.4 is 0 Å². The standard InChI is InChI=1S/C18H20BrN/c1-20(2)16-11-14-6-3-4-9-17(14)18(12-16)13-7-5-8-15(19)10-13/h3-10,16,18H,11-12H2,1-2H3/t16-,18+/m0/s1. The van der Waals surface area contributed by atoms with Crippen molar-refractivity contribution >= 4 is 15.9 Å². The van der Waals surface area contributed by atoms with Gasteiger partial charge in [0.1, 0.15) is 0 Å². The Balaban J connectivity index is 2.05. The Bertz CT molecular complexity index is 606. The molecule has 0 bridgehead atoms. The summed E-state index contributed by atoms with van der Waals surface area (Å²) in [6, 6.07) is 18.3. The van der Waals surface area contributed by atoms with Gasteiger partial charge < -0.3 is 4.90 Å². The summed E-state index contributed by atoms with van der Waals surface area (Å²) in [5, 5.41) is 0. The lowest BCUT2D eigenvalue weighted by Gasteiger charge is -2.35. The molecule has 0 unspecified atom stereocenters. The first-order chi connectivity index (χ1) is 9.65. The first kappa shape index (κ1) is 13.8. The third kappa shape index (κ3) is 2.68. The van der Waals surface area contributed by atoms with Crippen LogP contribution in [0.5, 0.6) is 0 Å². The van der Waals surface area contributed by atoms with Gasteiger partial charge in [-0.3, -0.25) is 0 Å². The van der Waals surface area contributed by atoms with E-state index in [0.29, 0.717) is 12.0 Å². The molecule has 0 saturated heterocycles. The molecule has 0 saturated carbocycles. The fourth-order valence-corrected chi connectivity index (χ4v) is 3.65. The van der Waals surface area contributed by atoms with E-state index >= 15 is 0 Å². The second-order valence-corrected chi connectivity index (χ2v) is 6.78. The maximum Gasteiger partial charge on any atom is 0.0178 e. The van der Waals surface area contributed by atoms with Gasteiger partial charge in [0.05, 0.1) is 0 Å². The van der Waals surface area contributed by atoms with E-state index in [9.17, 15) is 0 Å². The maximum atomic E-state index is 3.60. The van der Waals surface area contributed by atoms with Crippen molar-refractivity contribution in [2.75, 3.05) is 14.1 Å². The van der Waals surface area contributed by atoms with Crippen LogP contribution in [-0.4, -0.2) is 25.0 Å². The fraction of sp³-hybridized carbons (Fsp3) is 0.333. The molecule has 104 valence electrons. The predicted molar refractivity (Wildman–Crippen MR) is 88.2 cm³/mol. The summed E-state index contributed by atoms with van der Waals surface area (Å²) < 4.78 is 1.17. The molecule has 0 aromatic heterocycles. The Hall–Kier alpha value is -1.12. The molecular formula is C18H20BrN. The topological polar surface area (TPSA) is 3.24 Å². The van der Waals surface area contributed by atoms with E-state index in [0.717, 1.165) is 6.42 Å². The Labute approximate surface area is 129 Å². The van der Waals surface area contributed by atoms with E-state index < -0.39 is 0 Å². The van der Waals surface area contributed by atoms with Crippen LogP contribution in [0.4, 0.5) is 0 Å². The van der Waals surface area contributed by atoms with Crippen LogP contribution in [0.15, 0.2) is 53.0 Å². The molecule has 3 rings (SSSR count). The second kappa shape index (κ2) is 5.71. The molecule has 0 fully saturated rings. The van der Waals surface area contributed by atoms with Gasteiger partial charge in [0.15, 0.2) is 0 Å². The quantitative estimate of drug-likeness (QED) is 0.786. The highest BCUT2D eigenvalue weighted by Crippen LogP contribution is 2.38. The summed E-state index contributed by atoms with van der Waals surface area (Å²) in [5.41, 5.74) is 4.42. The lowest BCUT2D eigenvalue weighted by Crippen LogP contribution is -2.35. The highest BCUT2D eigenvalue weighted by atomic mass is 79.9. The Kier molecular flexibility index (Phi) is 3.95. The molecular weight excluding hydrogens is 310 g/mol. The number of hydrogen-bond acceptors (Lipinski definition) is 1. The third-order valence-electron chi connectivity index (χ3n) is 4.38. The van der Waals surface area contributed by atoms with Gasteiger partial charge in [-0.2, -0.15) is 0 Å². The van der Waals surface area contributed by atoms with Gasteiger partial charge in [-0.05, 0) is 55.8 Å². The van der Waals surface area contributed by atoms with E-state index in [2.05, 4.69) is 83.5 Å². The number of fused-ring (bicyclic) bond motifs is 1. The number of nitrogens with zero attached hydrogens (tertiary/aromatic N) is 1. The Morgan fingerprint density at radius 1 is 1.05 bits per heavy atom. The monoisotopic (exact) mass is 329 g/mol. The molecule has 0 spiro atoms. The summed E-state index contributed by atoms with van der Waals surface area (Å²) >= 11 is 3.60. The molecule has 0 aliphatic heterocycles. The number of benzene rings is 2. The Morgan fingerprint density at radius 2 is 1.85 bits per heavy atom. The minimum absolute atomic E-state index is 0.504. The van der Waals surface area contributed by atoms with Gasteiger partial charge >= 0.3 is 0 Å². The van der Waals surface area contributed by atoms with Crippen molar-refractivity contribution in [2.45, 2.75) is 24.8 Å². The van der Waals surface area contributed by atoms with Crippen LogP contribution in [0.3, 0.4) is 0 Å². The lowest BCUT2D eigenvalue weighted by molar-refractivity contribution is 0.258. The van der Waals surface area contributed by atoms with E-state index in [1.165, 1.54) is 27.6 Å². The zero-order valence-corrected chi connectivity index (χ0v) is 13.6. The van der Waals surface area contributed by atoms with Gasteiger partial charge in [0, 0.05) is 16.4 Å². The molecule has 0 radical (unpaired) electrons. The zero-order chi connectivity index (χ0) is 14.1. The van der Waals surface area contributed by atoms with E-state index in [1.807, 2.05) is 0 Å². The minimum atomic E-state index is 0.504. The second-order valence-electron chi connectivity index (χ2n) is 5.86. The van der Waals surface area contributed by atoms with E-state index in [4.69, 9.17) is 0 Å². The van der Waals surface area contributed by atoms with Crippen LogP contribution in [0.1, 0.15) is 29.0 Å². The molecule has 0 N–H and O–H groups in total. The fourth-order valence-electron chi connectivity index (χ4n) is 3.23. The first-order valence-electron chi connectivity index (χ1n) is 7.15. The molecule has 0 amide bonds. The van der Waals surface area contributed by atoms with Crippen molar-refractivity contribution in [3.63, 3.8) is 0 Å². The van der Waals surface area contributed by atoms with Crippen LogP contribution >= 0.6 is 15.9 Å². The number of halogens is 1. The van der Waals surface area contributed by atoms with Gasteiger partial charge in [-0.15, -0.1) is 0 Å². The number of hydrogen-bond donors (Lipinski definition) is 0. The molecule has 2 aromatic rings. The summed E-state index contributed by atoms with van der Waals surface area (Å²) in [5.74, 6) is 0.504. The number of rotatable bonds is 2. The minimum Gasteiger partial charge on any atom is -0.306 e. The van der Waals surface area contributed by atoms with E-state index in [-0.39, 0.29) is 0 Å².